The minimum Gasteiger partial charge on any atom is -0.434 e. The Morgan fingerprint density at radius 2 is 2.23 bits per heavy atom. The van der Waals surface area contributed by atoms with E-state index < -0.39 is 17.8 Å². The molecule has 2 N–H and O–H groups in total. The normalized spacial score (nSPS) is 17.4. The monoisotopic (exact) mass is 305 g/mol. The Bertz CT molecular complexity index is 687. The lowest BCUT2D eigenvalue weighted by Crippen LogP contribution is -2.13. The van der Waals surface area contributed by atoms with E-state index >= 15 is 0 Å². The molecule has 0 bridgehead atoms. The van der Waals surface area contributed by atoms with Gasteiger partial charge in [0.15, 0.2) is 11.6 Å². The Labute approximate surface area is 124 Å². The van der Waals surface area contributed by atoms with Gasteiger partial charge in [-0.25, -0.2) is 24.1 Å². The first-order chi connectivity index (χ1) is 10.6. The molecule has 1 aromatic heterocycles. The second kappa shape index (κ2) is 6.04. The molecule has 1 atom stereocenters. The van der Waals surface area contributed by atoms with Gasteiger partial charge in [-0.05, 0) is 6.07 Å². The van der Waals surface area contributed by atoms with Gasteiger partial charge in [-0.2, -0.15) is 0 Å². The van der Waals surface area contributed by atoms with Crippen molar-refractivity contribution >= 4 is 5.91 Å². The van der Waals surface area contributed by atoms with Crippen LogP contribution in [-0.2, 0) is 9.78 Å². The standard InChI is InChI=1S/C14H12FN3O4/c15-13-8(10-4-5-20-22-10)2-1-3-11(13)21-12-7-17-9(6-18-12)14(16)19/h1-3,6-7,10H,4-5H2,(H2,16,19). The van der Waals surface area contributed by atoms with E-state index in [1.54, 1.807) is 12.1 Å². The summed E-state index contributed by atoms with van der Waals surface area (Å²) in [6.07, 6.45) is 2.45. The van der Waals surface area contributed by atoms with Gasteiger partial charge in [-0.15, -0.1) is 0 Å². The van der Waals surface area contributed by atoms with Gasteiger partial charge in [0.25, 0.3) is 5.91 Å². The Hall–Kier alpha value is -2.58. The first-order valence-corrected chi connectivity index (χ1v) is 6.51. The minimum absolute atomic E-state index is 0.00178. The number of nitrogens with zero attached hydrogens (tertiary/aromatic N) is 2. The average molecular weight is 305 g/mol. The number of hydrogen-bond acceptors (Lipinski definition) is 6. The third kappa shape index (κ3) is 2.87. The summed E-state index contributed by atoms with van der Waals surface area (Å²) >= 11 is 0. The van der Waals surface area contributed by atoms with Gasteiger partial charge in [-0.1, -0.05) is 12.1 Å². The molecular formula is C14H12FN3O4. The highest BCUT2D eigenvalue weighted by Gasteiger charge is 2.24. The number of ether oxygens (including phenoxy) is 1. The molecule has 2 aromatic rings. The number of primary amides is 1. The fourth-order valence-electron chi connectivity index (χ4n) is 2.00. The first kappa shape index (κ1) is 14.4. The van der Waals surface area contributed by atoms with Crippen LogP contribution in [0.5, 0.6) is 11.6 Å². The molecule has 0 radical (unpaired) electrons. The lowest BCUT2D eigenvalue weighted by molar-refractivity contribution is -0.277. The highest BCUT2D eigenvalue weighted by Crippen LogP contribution is 2.33. The molecular weight excluding hydrogens is 293 g/mol. The van der Waals surface area contributed by atoms with E-state index in [2.05, 4.69) is 9.97 Å². The van der Waals surface area contributed by atoms with Gasteiger partial charge in [0.2, 0.25) is 5.88 Å². The number of carbonyl (C=O) groups excluding carboxylic acids is 1. The number of rotatable bonds is 4. The van der Waals surface area contributed by atoms with Crippen LogP contribution in [0, 0.1) is 5.82 Å². The van der Waals surface area contributed by atoms with Crippen LogP contribution in [0.25, 0.3) is 0 Å². The van der Waals surface area contributed by atoms with Crippen LogP contribution in [0.4, 0.5) is 4.39 Å². The van der Waals surface area contributed by atoms with E-state index in [0.29, 0.717) is 18.6 Å². The second-order valence-electron chi connectivity index (χ2n) is 4.56. The van der Waals surface area contributed by atoms with Crippen molar-refractivity contribution in [2.45, 2.75) is 12.5 Å². The second-order valence-corrected chi connectivity index (χ2v) is 4.56. The van der Waals surface area contributed by atoms with Crippen LogP contribution in [0.15, 0.2) is 30.6 Å². The molecule has 2 heterocycles. The van der Waals surface area contributed by atoms with E-state index in [1.807, 2.05) is 0 Å². The topological polar surface area (TPSA) is 96.6 Å². The third-order valence-electron chi connectivity index (χ3n) is 3.08. The van der Waals surface area contributed by atoms with Crippen LogP contribution in [-0.4, -0.2) is 22.5 Å². The van der Waals surface area contributed by atoms with Gasteiger partial charge in [-0.3, -0.25) is 4.79 Å². The average Bonchev–Trinajstić information content (AvgIpc) is 3.04. The molecule has 1 saturated heterocycles. The molecule has 114 valence electrons. The van der Waals surface area contributed by atoms with E-state index in [-0.39, 0.29) is 17.3 Å². The molecule has 3 rings (SSSR count). The van der Waals surface area contributed by atoms with Crippen LogP contribution in [0.2, 0.25) is 0 Å². The van der Waals surface area contributed by atoms with Gasteiger partial charge in [0.05, 0.1) is 19.0 Å². The molecule has 0 spiro atoms. The van der Waals surface area contributed by atoms with Gasteiger partial charge in [0.1, 0.15) is 11.8 Å². The van der Waals surface area contributed by atoms with Crippen molar-refractivity contribution in [3.8, 4) is 11.6 Å². The Morgan fingerprint density at radius 1 is 1.36 bits per heavy atom. The van der Waals surface area contributed by atoms with E-state index in [1.165, 1.54) is 12.3 Å². The summed E-state index contributed by atoms with van der Waals surface area (Å²) in [5, 5.41) is 0. The molecule has 1 aliphatic heterocycles. The third-order valence-corrected chi connectivity index (χ3v) is 3.08. The lowest BCUT2D eigenvalue weighted by atomic mass is 10.1. The van der Waals surface area contributed by atoms with Crippen molar-refractivity contribution in [2.75, 3.05) is 6.61 Å². The van der Waals surface area contributed by atoms with Crippen LogP contribution < -0.4 is 10.5 Å². The summed E-state index contributed by atoms with van der Waals surface area (Å²) in [4.78, 5) is 28.3. The Balaban J connectivity index is 1.82. The molecule has 7 nitrogen and oxygen atoms in total. The summed E-state index contributed by atoms with van der Waals surface area (Å²) in [7, 11) is 0. The van der Waals surface area contributed by atoms with E-state index in [0.717, 1.165) is 6.20 Å². The van der Waals surface area contributed by atoms with E-state index in [4.69, 9.17) is 20.2 Å². The van der Waals surface area contributed by atoms with Crippen molar-refractivity contribution in [1.29, 1.82) is 0 Å². The van der Waals surface area contributed by atoms with Gasteiger partial charge < -0.3 is 10.5 Å². The number of amides is 1. The fraction of sp³-hybridized carbons (Fsp3) is 0.214. The summed E-state index contributed by atoms with van der Waals surface area (Å²) in [6.45, 7) is 0.412. The maximum Gasteiger partial charge on any atom is 0.268 e. The zero-order valence-corrected chi connectivity index (χ0v) is 11.4. The zero-order chi connectivity index (χ0) is 15.5. The molecule has 1 fully saturated rings. The molecule has 1 aliphatic rings. The maximum absolute atomic E-state index is 14.4. The van der Waals surface area contributed by atoms with Gasteiger partial charge >= 0.3 is 0 Å². The zero-order valence-electron chi connectivity index (χ0n) is 11.4. The van der Waals surface area contributed by atoms with Crippen LogP contribution in [0.1, 0.15) is 28.6 Å². The summed E-state index contributed by atoms with van der Waals surface area (Å²) in [5.41, 5.74) is 5.40. The Morgan fingerprint density at radius 3 is 2.86 bits per heavy atom. The molecule has 1 unspecified atom stereocenters. The van der Waals surface area contributed by atoms with Crippen molar-refractivity contribution in [3.05, 3.63) is 47.7 Å². The van der Waals surface area contributed by atoms with Crippen molar-refractivity contribution in [1.82, 2.24) is 9.97 Å². The molecule has 0 aliphatic carbocycles. The van der Waals surface area contributed by atoms with Crippen molar-refractivity contribution in [3.63, 3.8) is 0 Å². The summed E-state index contributed by atoms with van der Waals surface area (Å²) in [6, 6.07) is 4.70. The van der Waals surface area contributed by atoms with Crippen molar-refractivity contribution in [2.24, 2.45) is 5.73 Å². The number of halogens is 1. The summed E-state index contributed by atoms with van der Waals surface area (Å²) in [5.74, 6) is -1.23. The number of benzene rings is 1. The van der Waals surface area contributed by atoms with Crippen molar-refractivity contribution < 1.29 is 23.7 Å². The molecule has 1 amide bonds. The number of aromatic nitrogens is 2. The SMILES string of the molecule is NC(=O)c1cnc(Oc2cccc(C3CCOO3)c2F)cn1. The molecule has 1 aromatic carbocycles. The molecule has 0 saturated carbocycles. The quantitative estimate of drug-likeness (QED) is 0.867. The van der Waals surface area contributed by atoms with E-state index in [9.17, 15) is 9.18 Å². The largest absolute Gasteiger partial charge is 0.434 e. The fourth-order valence-corrected chi connectivity index (χ4v) is 2.00. The lowest BCUT2D eigenvalue weighted by Gasteiger charge is -2.12. The minimum atomic E-state index is -0.703. The highest BCUT2D eigenvalue weighted by atomic mass is 19.1. The number of hydrogen-bond donors (Lipinski definition) is 1. The maximum atomic E-state index is 14.4. The predicted molar refractivity (Wildman–Crippen MR) is 71.4 cm³/mol. The molecule has 8 heteroatoms. The number of nitrogens with two attached hydrogens (primary N) is 1. The smallest absolute Gasteiger partial charge is 0.268 e. The molecule has 22 heavy (non-hydrogen) atoms. The Kier molecular flexibility index (Phi) is 3.94. The highest BCUT2D eigenvalue weighted by molar-refractivity contribution is 5.90. The van der Waals surface area contributed by atoms with Crippen LogP contribution >= 0.6 is 0 Å². The number of carbonyl (C=O) groups is 1. The first-order valence-electron chi connectivity index (χ1n) is 6.51. The van der Waals surface area contributed by atoms with Gasteiger partial charge in [0, 0.05) is 12.0 Å². The predicted octanol–water partition coefficient (Wildman–Crippen LogP) is 1.90. The summed E-state index contributed by atoms with van der Waals surface area (Å²) < 4.78 is 19.8. The van der Waals surface area contributed by atoms with Crippen LogP contribution in [0.3, 0.4) is 0 Å².